The Bertz CT molecular complexity index is 158. The molecule has 0 aliphatic carbocycles. The van der Waals surface area contributed by atoms with Crippen molar-refractivity contribution in [2.24, 2.45) is 0 Å². The normalized spacial score (nSPS) is 7.42. The van der Waals surface area contributed by atoms with Gasteiger partial charge in [0.25, 0.3) is 0 Å². The van der Waals surface area contributed by atoms with Crippen LogP contribution in [0.4, 0.5) is 0 Å². The molecule has 0 aromatic carbocycles. The van der Waals surface area contributed by atoms with Gasteiger partial charge in [-0.1, -0.05) is 6.08 Å². The molecule has 0 saturated carbocycles. The summed E-state index contributed by atoms with van der Waals surface area (Å²) in [6.07, 6.45) is 2.87. The zero-order chi connectivity index (χ0) is 9.28. The maximum atomic E-state index is 9.55. The Hall–Kier alpha value is -0.320. The maximum absolute atomic E-state index is 9.55. The van der Waals surface area contributed by atoms with Crippen molar-refractivity contribution in [3.8, 4) is 0 Å². The van der Waals surface area contributed by atoms with E-state index in [9.17, 15) is 9.59 Å². The summed E-state index contributed by atoms with van der Waals surface area (Å²) in [6.45, 7) is 5.25. The number of carbonyl (C=O) groups is 2. The van der Waals surface area contributed by atoms with E-state index >= 15 is 0 Å². The van der Waals surface area contributed by atoms with Gasteiger partial charge in [-0.25, -0.2) is 9.59 Å². The van der Waals surface area contributed by atoms with Gasteiger partial charge in [-0.3, -0.25) is 0 Å². The van der Waals surface area contributed by atoms with E-state index in [1.807, 2.05) is 6.92 Å². The molecule has 0 aliphatic heterocycles. The van der Waals surface area contributed by atoms with Crippen LogP contribution in [0.1, 0.15) is 6.92 Å². The van der Waals surface area contributed by atoms with Crippen LogP contribution in [-0.2, 0) is 9.59 Å². The topological polar surface area (TPSA) is 74.6 Å². The van der Waals surface area contributed by atoms with Crippen LogP contribution in [-0.4, -0.2) is 59.9 Å². The van der Waals surface area contributed by atoms with E-state index in [4.69, 9.17) is 10.2 Å². The second-order valence-corrected chi connectivity index (χ2v) is 1.42. The number of hydrogen-bond donors (Lipinski definition) is 2. The van der Waals surface area contributed by atoms with Crippen LogP contribution < -0.4 is 0 Å². The van der Waals surface area contributed by atoms with Gasteiger partial charge in [0.1, 0.15) is 0 Å². The van der Waals surface area contributed by atoms with Gasteiger partial charge in [0, 0.05) is 12.2 Å². The van der Waals surface area contributed by atoms with Crippen molar-refractivity contribution in [1.29, 1.82) is 0 Å². The molecule has 0 saturated heterocycles. The Morgan fingerprint density at radius 3 is 1.42 bits per heavy atom. The quantitative estimate of drug-likeness (QED) is 0.373. The monoisotopic (exact) mass is 200 g/mol. The average molecular weight is 200 g/mol. The predicted octanol–water partition coefficient (Wildman–Crippen LogP) is -0.0121. The van der Waals surface area contributed by atoms with Crippen LogP contribution in [0.5, 0.6) is 0 Å². The van der Waals surface area contributed by atoms with E-state index < -0.39 is 11.9 Å². The van der Waals surface area contributed by atoms with Crippen LogP contribution in [0.2, 0.25) is 0 Å². The van der Waals surface area contributed by atoms with Gasteiger partial charge in [0.15, 0.2) is 0 Å². The van der Waals surface area contributed by atoms with Gasteiger partial charge >= 0.3 is 49.7 Å². The molecule has 0 amide bonds. The van der Waals surface area contributed by atoms with Crippen LogP contribution in [0, 0.1) is 0 Å². The first-order chi connectivity index (χ1) is 5.04. The number of aliphatic carboxylic acids is 2. The van der Waals surface area contributed by atoms with Gasteiger partial charge < -0.3 is 10.2 Å². The summed E-state index contributed by atoms with van der Waals surface area (Å²) in [7, 11) is 0. The van der Waals surface area contributed by atoms with E-state index in [0.29, 0.717) is 12.2 Å². The first-order valence-corrected chi connectivity index (χ1v) is 2.75. The van der Waals surface area contributed by atoms with Crippen molar-refractivity contribution >= 4 is 49.7 Å². The molecule has 0 unspecified atom stereocenters. The number of carboxylic acid groups (broad SMARTS) is 2. The molecule has 0 radical (unpaired) electrons. The molecule has 2 N–H and O–H groups in total. The van der Waals surface area contributed by atoms with Crippen molar-refractivity contribution in [2.75, 3.05) is 0 Å². The third-order valence-corrected chi connectivity index (χ3v) is 0.368. The minimum atomic E-state index is -1.26. The van der Waals surface area contributed by atoms with E-state index in [-0.39, 0.29) is 37.7 Å². The van der Waals surface area contributed by atoms with E-state index in [0.717, 1.165) is 0 Å². The zero-order valence-electron chi connectivity index (χ0n) is 6.15. The fraction of sp³-hybridized carbons (Fsp3) is 0.143. The molecular formula is C7H12CaO4. The first kappa shape index (κ1) is 17.7. The molecule has 66 valence electrons. The van der Waals surface area contributed by atoms with Gasteiger partial charge in [-0.15, -0.1) is 6.58 Å². The van der Waals surface area contributed by atoms with Gasteiger partial charge in [0.2, 0.25) is 0 Å². The minimum absolute atomic E-state index is 0. The molecule has 0 aromatic rings. The van der Waals surface area contributed by atoms with Crippen LogP contribution in [0.15, 0.2) is 24.8 Å². The van der Waals surface area contributed by atoms with E-state index in [1.165, 1.54) is 0 Å². The fourth-order valence-electron chi connectivity index (χ4n) is 0.143. The molecule has 0 atom stereocenters. The van der Waals surface area contributed by atoms with Gasteiger partial charge in [0.05, 0.1) is 0 Å². The second-order valence-electron chi connectivity index (χ2n) is 1.42. The SMILES string of the molecule is C=CC.O=C(O)/C=C\C(=O)O.[CaH2]. The van der Waals surface area contributed by atoms with Crippen molar-refractivity contribution in [3.05, 3.63) is 24.8 Å². The third-order valence-electron chi connectivity index (χ3n) is 0.368. The number of carboxylic acids is 2. The molecule has 12 heavy (non-hydrogen) atoms. The summed E-state index contributed by atoms with van der Waals surface area (Å²) in [5.74, 6) is -2.51. The van der Waals surface area contributed by atoms with Gasteiger partial charge in [-0.05, 0) is 6.92 Å². The predicted molar refractivity (Wildman–Crippen MR) is 48.8 cm³/mol. The number of allylic oxidation sites excluding steroid dienone is 1. The van der Waals surface area contributed by atoms with E-state index in [2.05, 4.69) is 6.58 Å². The number of rotatable bonds is 2. The molecular weight excluding hydrogens is 188 g/mol. The van der Waals surface area contributed by atoms with Crippen molar-refractivity contribution < 1.29 is 19.8 Å². The van der Waals surface area contributed by atoms with Crippen LogP contribution in [0.3, 0.4) is 0 Å². The first-order valence-electron chi connectivity index (χ1n) is 2.75. The summed E-state index contributed by atoms with van der Waals surface area (Å²) in [4.78, 5) is 19.1. The van der Waals surface area contributed by atoms with Gasteiger partial charge in [-0.2, -0.15) is 0 Å². The van der Waals surface area contributed by atoms with Crippen LogP contribution in [0.25, 0.3) is 0 Å². The molecule has 5 heteroatoms. The Labute approximate surface area is 101 Å². The molecule has 0 bridgehead atoms. The van der Waals surface area contributed by atoms with E-state index in [1.54, 1.807) is 6.08 Å². The summed E-state index contributed by atoms with van der Waals surface area (Å²) >= 11 is 0. The fourth-order valence-corrected chi connectivity index (χ4v) is 0.143. The molecule has 0 fully saturated rings. The molecule has 0 aliphatic rings. The Balaban J connectivity index is -0.000000177. The molecule has 0 heterocycles. The molecule has 0 spiro atoms. The molecule has 0 rings (SSSR count). The summed E-state index contributed by atoms with van der Waals surface area (Å²) < 4.78 is 0. The Morgan fingerprint density at radius 2 is 1.33 bits per heavy atom. The van der Waals surface area contributed by atoms with Crippen molar-refractivity contribution in [3.63, 3.8) is 0 Å². The van der Waals surface area contributed by atoms with Crippen molar-refractivity contribution in [1.82, 2.24) is 0 Å². The Morgan fingerprint density at radius 1 is 1.17 bits per heavy atom. The third kappa shape index (κ3) is 33.3. The van der Waals surface area contributed by atoms with Crippen molar-refractivity contribution in [2.45, 2.75) is 6.92 Å². The summed E-state index contributed by atoms with van der Waals surface area (Å²) in [5.41, 5.74) is 0. The molecule has 0 aromatic heterocycles. The standard InChI is InChI=1S/C4H4O4.C3H6.Ca.2H/c5-3(6)1-2-4(7)8;1-3-2;;;/h1-2H,(H,5,6)(H,7,8);3H,1H2,2H3;;;/b2-1-;;;;. The summed E-state index contributed by atoms with van der Waals surface area (Å²) in [6, 6.07) is 0. The Kier molecular flexibility index (Phi) is 19.6. The second kappa shape index (κ2) is 13.3. The molecule has 4 nitrogen and oxygen atoms in total. The summed E-state index contributed by atoms with van der Waals surface area (Å²) in [5, 5.41) is 15.6. The number of hydrogen-bond acceptors (Lipinski definition) is 2. The zero-order valence-corrected chi connectivity index (χ0v) is 6.15. The van der Waals surface area contributed by atoms with Crippen LogP contribution >= 0.6 is 0 Å². The average Bonchev–Trinajstić information content (AvgIpc) is 1.85.